The maximum Gasteiger partial charge on any atom is 0.137 e. The van der Waals surface area contributed by atoms with Crippen molar-refractivity contribution in [3.63, 3.8) is 0 Å². The molecule has 0 saturated heterocycles. The molecule has 0 atom stereocenters. The lowest BCUT2D eigenvalue weighted by Gasteiger charge is -1.81. The van der Waals surface area contributed by atoms with Crippen LogP contribution in [0.4, 0.5) is 28.2 Å². The van der Waals surface area contributed by atoms with E-state index in [0.717, 1.165) is 0 Å². The first-order valence-corrected chi connectivity index (χ1v) is 2.12. The fourth-order valence-corrected chi connectivity index (χ4v) is 0.351. The standard InChI is InChI=1S/C5H8O2.6FH/c1-4(6)3-5(2)7;;;;;;/h3H2,1-2H3;6*1H. The summed E-state index contributed by atoms with van der Waals surface area (Å²) >= 11 is 0. The number of carbonyl (C=O) groups is 2. The number of hydrogen-bond acceptors (Lipinski definition) is 2. The molecule has 2 nitrogen and oxygen atoms in total. The SMILES string of the molecule is CC(=O)CC(C)=O.F.F.F.F.F.F. The molecule has 0 aliphatic rings. The molecule has 0 unspecified atom stereocenters. The molecule has 0 bridgehead atoms. The molecule has 8 heteroatoms. The zero-order valence-electron chi connectivity index (χ0n) is 6.97. The highest BCUT2D eigenvalue weighted by molar-refractivity contribution is 5.96. The molecule has 0 N–H and O–H groups in total. The van der Waals surface area contributed by atoms with Crippen LogP contribution < -0.4 is 0 Å². The van der Waals surface area contributed by atoms with Gasteiger partial charge in [-0.15, -0.1) is 0 Å². The predicted molar refractivity (Wildman–Crippen MR) is 41.0 cm³/mol. The summed E-state index contributed by atoms with van der Waals surface area (Å²) in [5.41, 5.74) is 0. The summed E-state index contributed by atoms with van der Waals surface area (Å²) in [6.45, 7) is 2.81. The van der Waals surface area contributed by atoms with E-state index in [1.807, 2.05) is 0 Å². The van der Waals surface area contributed by atoms with Crippen LogP contribution >= 0.6 is 0 Å². The highest BCUT2D eigenvalue weighted by atomic mass is 19.0. The molecule has 0 aliphatic heterocycles. The number of halogens is 6. The Morgan fingerprint density at radius 3 is 0.846 bits per heavy atom. The van der Waals surface area contributed by atoms with Gasteiger partial charge in [0.15, 0.2) is 0 Å². The van der Waals surface area contributed by atoms with Crippen LogP contribution in [0.2, 0.25) is 0 Å². The van der Waals surface area contributed by atoms with E-state index in [1.54, 1.807) is 0 Å². The zero-order valence-corrected chi connectivity index (χ0v) is 6.97. The number of rotatable bonds is 2. The van der Waals surface area contributed by atoms with E-state index >= 15 is 0 Å². The summed E-state index contributed by atoms with van der Waals surface area (Å²) < 4.78 is 0. The Morgan fingerprint density at radius 2 is 0.846 bits per heavy atom. The normalized spacial score (nSPS) is 4.46. The Kier molecular flexibility index (Phi) is 139. The summed E-state index contributed by atoms with van der Waals surface area (Å²) in [4.78, 5) is 20.1. The van der Waals surface area contributed by atoms with Crippen molar-refractivity contribution in [1.82, 2.24) is 0 Å². The smallest absolute Gasteiger partial charge is 0.137 e. The Morgan fingerprint density at radius 1 is 0.692 bits per heavy atom. The molecule has 0 aromatic heterocycles. The van der Waals surface area contributed by atoms with Gasteiger partial charge >= 0.3 is 0 Å². The molecular weight excluding hydrogens is 206 g/mol. The van der Waals surface area contributed by atoms with Crippen LogP contribution in [0.15, 0.2) is 0 Å². The quantitative estimate of drug-likeness (QED) is 0.521. The molecule has 88 valence electrons. The van der Waals surface area contributed by atoms with Crippen molar-refractivity contribution < 1.29 is 37.8 Å². The van der Waals surface area contributed by atoms with Gasteiger partial charge < -0.3 is 0 Å². The van der Waals surface area contributed by atoms with Gasteiger partial charge in [-0.05, 0) is 13.8 Å². The number of hydrogen-bond donors (Lipinski definition) is 0. The van der Waals surface area contributed by atoms with Gasteiger partial charge in [-0.25, -0.2) is 0 Å². The average Bonchev–Trinajstić information content (AvgIpc) is 1.27. The van der Waals surface area contributed by atoms with E-state index in [9.17, 15) is 9.59 Å². The Bertz CT molecular complexity index is 95.2. The van der Waals surface area contributed by atoms with Crippen LogP contribution in [0, 0.1) is 0 Å². The van der Waals surface area contributed by atoms with E-state index in [4.69, 9.17) is 0 Å². The highest BCUT2D eigenvalue weighted by Gasteiger charge is 1.94. The Balaban J connectivity index is -0.0000000120. The molecule has 13 heavy (non-hydrogen) atoms. The van der Waals surface area contributed by atoms with Gasteiger partial charge in [-0.3, -0.25) is 37.8 Å². The number of ketones is 2. The van der Waals surface area contributed by atoms with Gasteiger partial charge in [0, 0.05) is 0 Å². The van der Waals surface area contributed by atoms with Crippen molar-refractivity contribution in [1.29, 1.82) is 0 Å². The molecular formula is C5H14F6O2. The van der Waals surface area contributed by atoms with Crippen molar-refractivity contribution in [3.8, 4) is 0 Å². The van der Waals surface area contributed by atoms with Gasteiger partial charge in [0.2, 0.25) is 0 Å². The van der Waals surface area contributed by atoms with Crippen LogP contribution in [0.3, 0.4) is 0 Å². The molecule has 0 saturated carbocycles. The van der Waals surface area contributed by atoms with Crippen molar-refractivity contribution in [3.05, 3.63) is 0 Å². The van der Waals surface area contributed by atoms with Crippen molar-refractivity contribution in [2.45, 2.75) is 20.3 Å². The summed E-state index contributed by atoms with van der Waals surface area (Å²) in [5, 5.41) is 0. The van der Waals surface area contributed by atoms with Gasteiger partial charge in [0.1, 0.15) is 11.6 Å². The van der Waals surface area contributed by atoms with Crippen molar-refractivity contribution >= 4 is 11.6 Å². The highest BCUT2D eigenvalue weighted by Crippen LogP contribution is 1.80. The predicted octanol–water partition coefficient (Wildman–Crippen LogP) is 1.47. The van der Waals surface area contributed by atoms with Gasteiger partial charge in [0.05, 0.1) is 6.42 Å². The zero-order chi connectivity index (χ0) is 5.86. The Hall–Kier alpha value is -1.08. The van der Waals surface area contributed by atoms with E-state index in [-0.39, 0.29) is 46.2 Å². The first-order chi connectivity index (χ1) is 3.13. The molecule has 0 amide bonds. The van der Waals surface area contributed by atoms with Crippen LogP contribution in [0.25, 0.3) is 0 Å². The van der Waals surface area contributed by atoms with Crippen LogP contribution in [0.1, 0.15) is 20.3 Å². The number of carbonyl (C=O) groups excluding carboxylic acids is 2. The molecule has 0 heterocycles. The first-order valence-electron chi connectivity index (χ1n) is 2.12. The third kappa shape index (κ3) is 102. The van der Waals surface area contributed by atoms with Crippen LogP contribution in [0.5, 0.6) is 0 Å². The molecule has 0 aromatic carbocycles. The summed E-state index contributed by atoms with van der Waals surface area (Å²) in [7, 11) is 0. The fourth-order valence-electron chi connectivity index (χ4n) is 0.351. The molecule has 0 rings (SSSR count). The summed E-state index contributed by atoms with van der Waals surface area (Å²) in [5.74, 6) is -0.125. The lowest BCUT2D eigenvalue weighted by atomic mass is 10.2. The molecule has 0 aromatic rings. The molecule has 0 radical (unpaired) electrons. The van der Waals surface area contributed by atoms with Crippen LogP contribution in [-0.4, -0.2) is 11.6 Å². The average molecular weight is 220 g/mol. The van der Waals surface area contributed by atoms with Crippen LogP contribution in [-0.2, 0) is 9.59 Å². The minimum Gasteiger partial charge on any atom is -0.300 e. The molecule has 0 aliphatic carbocycles. The third-order valence-corrected chi connectivity index (χ3v) is 0.498. The maximum atomic E-state index is 10.0. The molecule has 0 spiro atoms. The van der Waals surface area contributed by atoms with Crippen molar-refractivity contribution in [2.24, 2.45) is 0 Å². The van der Waals surface area contributed by atoms with Gasteiger partial charge in [-0.1, -0.05) is 0 Å². The first kappa shape index (κ1) is 58.7. The van der Waals surface area contributed by atoms with E-state index < -0.39 is 0 Å². The van der Waals surface area contributed by atoms with Crippen molar-refractivity contribution in [2.75, 3.05) is 0 Å². The minimum absolute atomic E-state index is 0. The monoisotopic (exact) mass is 220 g/mol. The summed E-state index contributed by atoms with van der Waals surface area (Å²) in [6.07, 6.45) is 0.0833. The van der Waals surface area contributed by atoms with Gasteiger partial charge in [0.25, 0.3) is 0 Å². The molecule has 0 fully saturated rings. The lowest BCUT2D eigenvalue weighted by Crippen LogP contribution is -1.97. The van der Waals surface area contributed by atoms with E-state index in [1.165, 1.54) is 13.8 Å². The van der Waals surface area contributed by atoms with E-state index in [2.05, 4.69) is 0 Å². The largest absolute Gasteiger partial charge is 0.300 e. The lowest BCUT2D eigenvalue weighted by molar-refractivity contribution is -0.124. The fraction of sp³-hybridized carbons (Fsp3) is 0.600. The maximum absolute atomic E-state index is 10.0. The minimum atomic E-state index is -0.0625. The van der Waals surface area contributed by atoms with Gasteiger partial charge in [-0.2, -0.15) is 0 Å². The summed E-state index contributed by atoms with van der Waals surface area (Å²) in [6, 6.07) is 0. The Labute approximate surface area is 70.9 Å². The topological polar surface area (TPSA) is 34.1 Å². The second-order valence-electron chi connectivity index (χ2n) is 1.58. The second-order valence-corrected chi connectivity index (χ2v) is 1.58. The second kappa shape index (κ2) is 30.7. The number of Topliss-reactive ketones (excluding diaryl/α,β-unsaturated/α-hetero) is 2. The van der Waals surface area contributed by atoms with E-state index in [0.29, 0.717) is 0 Å². The third-order valence-electron chi connectivity index (χ3n) is 0.498.